The second kappa shape index (κ2) is 7.13. The predicted octanol–water partition coefficient (Wildman–Crippen LogP) is 2.78. The summed E-state index contributed by atoms with van der Waals surface area (Å²) in [6, 6.07) is 1.29. The molecule has 0 aromatic carbocycles. The van der Waals surface area contributed by atoms with Gasteiger partial charge in [-0.15, -0.1) is 0 Å². The average Bonchev–Trinajstić information content (AvgIpc) is 2.42. The van der Waals surface area contributed by atoms with Crippen LogP contribution in [-0.2, 0) is 4.74 Å². The van der Waals surface area contributed by atoms with Crippen LogP contribution in [0.3, 0.4) is 0 Å². The van der Waals surface area contributed by atoms with Crippen LogP contribution < -0.4 is 5.32 Å². The van der Waals surface area contributed by atoms with Crippen LogP contribution in [0.25, 0.3) is 0 Å². The molecule has 19 heavy (non-hydrogen) atoms. The monoisotopic (exact) mass is 268 g/mol. The molecule has 2 fully saturated rings. The van der Waals surface area contributed by atoms with E-state index in [-0.39, 0.29) is 6.09 Å². The first-order valence-corrected chi connectivity index (χ1v) is 7.86. The van der Waals surface area contributed by atoms with Crippen molar-refractivity contribution in [2.24, 2.45) is 5.92 Å². The summed E-state index contributed by atoms with van der Waals surface area (Å²) in [4.78, 5) is 13.5. The lowest BCUT2D eigenvalue weighted by molar-refractivity contribution is 0.0933. The van der Waals surface area contributed by atoms with E-state index >= 15 is 0 Å². The van der Waals surface area contributed by atoms with Crippen molar-refractivity contribution < 1.29 is 9.53 Å². The molecule has 0 aromatic rings. The maximum Gasteiger partial charge on any atom is 0.409 e. The normalized spacial score (nSPS) is 29.3. The average molecular weight is 268 g/mol. The molecular formula is C15H28N2O2. The molecule has 4 nitrogen and oxygen atoms in total. The number of hydrogen-bond donors (Lipinski definition) is 1. The van der Waals surface area contributed by atoms with E-state index in [9.17, 15) is 4.79 Å². The zero-order valence-corrected chi connectivity index (χ0v) is 12.4. The van der Waals surface area contributed by atoms with Gasteiger partial charge in [-0.1, -0.05) is 6.92 Å². The molecule has 1 heterocycles. The molecule has 0 aromatic heterocycles. The summed E-state index contributed by atoms with van der Waals surface area (Å²) < 4.78 is 5.04. The lowest BCUT2D eigenvalue weighted by Crippen LogP contribution is -2.48. The fourth-order valence-corrected chi connectivity index (χ4v) is 3.20. The molecule has 0 bridgehead atoms. The number of nitrogens with zero attached hydrogens (tertiary/aromatic N) is 1. The summed E-state index contributed by atoms with van der Waals surface area (Å²) in [5.74, 6) is 0.906. The Balaban J connectivity index is 1.67. The highest BCUT2D eigenvalue weighted by molar-refractivity contribution is 5.67. The van der Waals surface area contributed by atoms with Crippen molar-refractivity contribution in [2.45, 2.75) is 64.5 Å². The molecule has 1 saturated carbocycles. The summed E-state index contributed by atoms with van der Waals surface area (Å²) in [6.07, 6.45) is 7.33. The Labute approximate surface area is 116 Å². The van der Waals surface area contributed by atoms with Crippen LogP contribution in [0.5, 0.6) is 0 Å². The van der Waals surface area contributed by atoms with Crippen LogP contribution in [0.15, 0.2) is 0 Å². The van der Waals surface area contributed by atoms with Gasteiger partial charge >= 0.3 is 6.09 Å². The molecular weight excluding hydrogens is 240 g/mol. The summed E-state index contributed by atoms with van der Waals surface area (Å²) in [7, 11) is 0. The van der Waals surface area contributed by atoms with E-state index in [4.69, 9.17) is 4.74 Å². The molecule has 1 saturated heterocycles. The van der Waals surface area contributed by atoms with Gasteiger partial charge in [0.1, 0.15) is 0 Å². The first kappa shape index (κ1) is 14.6. The highest BCUT2D eigenvalue weighted by Gasteiger charge is 2.26. The molecule has 0 atom stereocenters. The van der Waals surface area contributed by atoms with Crippen LogP contribution in [0.2, 0.25) is 0 Å². The second-order valence-electron chi connectivity index (χ2n) is 6.08. The van der Waals surface area contributed by atoms with E-state index in [1.165, 1.54) is 25.7 Å². The zero-order chi connectivity index (χ0) is 13.7. The summed E-state index contributed by atoms with van der Waals surface area (Å²) in [6.45, 7) is 6.35. The van der Waals surface area contributed by atoms with E-state index in [1.807, 2.05) is 11.8 Å². The van der Waals surface area contributed by atoms with Crippen LogP contribution in [-0.4, -0.2) is 42.8 Å². The first-order chi connectivity index (χ1) is 9.19. The van der Waals surface area contributed by atoms with Crippen molar-refractivity contribution in [1.82, 2.24) is 10.2 Å². The Bertz CT molecular complexity index is 280. The van der Waals surface area contributed by atoms with Crippen LogP contribution in [0.1, 0.15) is 52.4 Å². The molecule has 2 rings (SSSR count). The standard InChI is InChI=1S/C15H28N2O2/c1-3-19-15(18)17-10-8-14(9-11-17)16-13-6-4-12(2)5-7-13/h12-14,16H,3-11H2,1-2H3. The number of piperidine rings is 1. The van der Waals surface area contributed by atoms with Gasteiger partial charge in [-0.3, -0.25) is 0 Å². The van der Waals surface area contributed by atoms with Crippen LogP contribution >= 0.6 is 0 Å². The van der Waals surface area contributed by atoms with Gasteiger partial charge in [0.05, 0.1) is 6.61 Å². The molecule has 1 amide bonds. The van der Waals surface area contributed by atoms with Crippen molar-refractivity contribution in [3.63, 3.8) is 0 Å². The number of amides is 1. The molecule has 110 valence electrons. The number of carbonyl (C=O) groups is 1. The minimum absolute atomic E-state index is 0.146. The molecule has 1 aliphatic carbocycles. The van der Waals surface area contributed by atoms with Gasteiger partial charge < -0.3 is 15.0 Å². The highest BCUT2D eigenvalue weighted by Crippen LogP contribution is 2.24. The fourth-order valence-electron chi connectivity index (χ4n) is 3.20. The summed E-state index contributed by atoms with van der Waals surface area (Å²) in [5.41, 5.74) is 0. The summed E-state index contributed by atoms with van der Waals surface area (Å²) >= 11 is 0. The predicted molar refractivity (Wildman–Crippen MR) is 76.2 cm³/mol. The first-order valence-electron chi connectivity index (χ1n) is 7.86. The lowest BCUT2D eigenvalue weighted by atomic mass is 9.86. The van der Waals surface area contributed by atoms with Crippen molar-refractivity contribution >= 4 is 6.09 Å². The SMILES string of the molecule is CCOC(=O)N1CCC(NC2CCC(C)CC2)CC1. The van der Waals surface area contributed by atoms with Gasteiger partial charge in [0.15, 0.2) is 0 Å². The number of likely N-dealkylation sites (tertiary alicyclic amines) is 1. The van der Waals surface area contributed by atoms with Gasteiger partial charge in [-0.05, 0) is 51.4 Å². The van der Waals surface area contributed by atoms with Gasteiger partial charge in [-0.2, -0.15) is 0 Å². The lowest BCUT2D eigenvalue weighted by Gasteiger charge is -2.36. The van der Waals surface area contributed by atoms with Gasteiger partial charge in [0, 0.05) is 25.2 Å². The van der Waals surface area contributed by atoms with E-state index < -0.39 is 0 Å². The number of carbonyl (C=O) groups excluding carboxylic acids is 1. The van der Waals surface area contributed by atoms with Gasteiger partial charge in [0.25, 0.3) is 0 Å². The van der Waals surface area contributed by atoms with Gasteiger partial charge in [-0.25, -0.2) is 4.79 Å². The number of hydrogen-bond acceptors (Lipinski definition) is 3. The van der Waals surface area contributed by atoms with E-state index in [1.54, 1.807) is 0 Å². The maximum atomic E-state index is 11.6. The van der Waals surface area contributed by atoms with Crippen molar-refractivity contribution in [1.29, 1.82) is 0 Å². The molecule has 0 unspecified atom stereocenters. The minimum Gasteiger partial charge on any atom is -0.450 e. The maximum absolute atomic E-state index is 11.6. The number of rotatable bonds is 3. The Kier molecular flexibility index (Phi) is 5.49. The largest absolute Gasteiger partial charge is 0.450 e. The van der Waals surface area contributed by atoms with E-state index in [0.717, 1.165) is 31.8 Å². The number of nitrogens with one attached hydrogen (secondary N) is 1. The molecule has 2 aliphatic rings. The Morgan fingerprint density at radius 2 is 1.68 bits per heavy atom. The molecule has 0 radical (unpaired) electrons. The molecule has 1 N–H and O–H groups in total. The summed E-state index contributed by atoms with van der Waals surface area (Å²) in [5, 5.41) is 3.79. The zero-order valence-electron chi connectivity index (χ0n) is 12.4. The van der Waals surface area contributed by atoms with Crippen LogP contribution in [0.4, 0.5) is 4.79 Å². The molecule has 0 spiro atoms. The van der Waals surface area contributed by atoms with E-state index in [2.05, 4.69) is 12.2 Å². The third-order valence-electron chi connectivity index (χ3n) is 4.51. The second-order valence-corrected chi connectivity index (χ2v) is 6.08. The third-order valence-corrected chi connectivity index (χ3v) is 4.51. The molecule has 1 aliphatic heterocycles. The smallest absolute Gasteiger partial charge is 0.409 e. The van der Waals surface area contributed by atoms with Crippen molar-refractivity contribution in [3.05, 3.63) is 0 Å². The van der Waals surface area contributed by atoms with E-state index in [0.29, 0.717) is 18.7 Å². The van der Waals surface area contributed by atoms with Crippen LogP contribution in [0, 0.1) is 5.92 Å². The van der Waals surface area contributed by atoms with Crippen molar-refractivity contribution in [2.75, 3.05) is 19.7 Å². The Morgan fingerprint density at radius 3 is 2.26 bits per heavy atom. The highest BCUT2D eigenvalue weighted by atomic mass is 16.6. The quantitative estimate of drug-likeness (QED) is 0.855. The fraction of sp³-hybridized carbons (Fsp3) is 0.933. The third kappa shape index (κ3) is 4.37. The minimum atomic E-state index is -0.146. The van der Waals surface area contributed by atoms with Gasteiger partial charge in [0.2, 0.25) is 0 Å². The number of ether oxygens (including phenoxy) is 1. The topological polar surface area (TPSA) is 41.6 Å². The Hall–Kier alpha value is -0.770. The Morgan fingerprint density at radius 1 is 1.11 bits per heavy atom. The molecule has 4 heteroatoms. The van der Waals surface area contributed by atoms with Crippen molar-refractivity contribution in [3.8, 4) is 0 Å².